The van der Waals surface area contributed by atoms with Gasteiger partial charge in [0.15, 0.2) is 0 Å². The van der Waals surface area contributed by atoms with Crippen LogP contribution in [0.3, 0.4) is 0 Å². The summed E-state index contributed by atoms with van der Waals surface area (Å²) in [5.41, 5.74) is 5.89. The van der Waals surface area contributed by atoms with Gasteiger partial charge in [0.1, 0.15) is 5.82 Å². The number of para-hydroxylation sites is 2. The molecule has 0 aliphatic rings. The van der Waals surface area contributed by atoms with Crippen LogP contribution in [0, 0.1) is 0 Å². The van der Waals surface area contributed by atoms with Gasteiger partial charge in [-0.15, -0.1) is 0 Å². The zero-order valence-corrected chi connectivity index (χ0v) is 16.0. The smallest absolute Gasteiger partial charge is 0.114 e. The van der Waals surface area contributed by atoms with Gasteiger partial charge >= 0.3 is 0 Å². The molecule has 1 heterocycles. The molecule has 0 fully saturated rings. The number of halogens is 1. The Labute approximate surface area is 162 Å². The molecule has 3 aromatic carbocycles. The van der Waals surface area contributed by atoms with Gasteiger partial charge in [0.2, 0.25) is 0 Å². The monoisotopic (exact) mass is 402 g/mol. The van der Waals surface area contributed by atoms with Crippen LogP contribution in [0.1, 0.15) is 11.4 Å². The third kappa shape index (κ3) is 3.49. The number of hydrogen-bond donors (Lipinski definition) is 0. The topological polar surface area (TPSA) is 17.8 Å². The van der Waals surface area contributed by atoms with Crippen molar-refractivity contribution in [1.29, 1.82) is 0 Å². The maximum Gasteiger partial charge on any atom is 0.114 e. The number of fused-ring (bicyclic) bond motifs is 1. The lowest BCUT2D eigenvalue weighted by molar-refractivity contribution is 0.776. The first kappa shape index (κ1) is 16.8. The van der Waals surface area contributed by atoms with Crippen molar-refractivity contribution in [2.75, 3.05) is 0 Å². The van der Waals surface area contributed by atoms with Crippen molar-refractivity contribution in [3.05, 3.63) is 101 Å². The Balaban J connectivity index is 1.66. The molecule has 0 saturated carbocycles. The largest absolute Gasteiger partial charge is 0.323 e. The summed E-state index contributed by atoms with van der Waals surface area (Å²) in [5, 5.41) is 0. The van der Waals surface area contributed by atoms with E-state index >= 15 is 0 Å². The van der Waals surface area contributed by atoms with E-state index in [1.54, 1.807) is 0 Å². The molecule has 128 valence electrons. The SMILES string of the molecule is C=C(Br)Cn1c(Cc2ccc(-c3ccccc3)cc2)nc2ccccc21. The standard InChI is InChI=1S/C23H19BrN2/c1-17(24)16-26-22-10-6-5-9-21(22)25-23(26)15-18-11-13-20(14-12-18)19-7-3-2-4-8-19/h2-14H,1,15-16H2. The summed E-state index contributed by atoms with van der Waals surface area (Å²) in [7, 11) is 0. The van der Waals surface area contributed by atoms with E-state index in [-0.39, 0.29) is 0 Å². The number of nitrogens with zero attached hydrogens (tertiary/aromatic N) is 2. The molecule has 0 aliphatic carbocycles. The molecule has 2 nitrogen and oxygen atoms in total. The predicted molar refractivity (Wildman–Crippen MR) is 112 cm³/mol. The third-order valence-corrected chi connectivity index (χ3v) is 4.74. The van der Waals surface area contributed by atoms with Gasteiger partial charge < -0.3 is 4.57 Å². The van der Waals surface area contributed by atoms with Crippen molar-refractivity contribution < 1.29 is 0 Å². The summed E-state index contributed by atoms with van der Waals surface area (Å²) in [6.07, 6.45) is 0.796. The minimum atomic E-state index is 0.720. The molecule has 1 aromatic heterocycles. The Kier molecular flexibility index (Phi) is 4.72. The highest BCUT2D eigenvalue weighted by Gasteiger charge is 2.11. The summed E-state index contributed by atoms with van der Waals surface area (Å²) in [6.45, 7) is 4.72. The van der Waals surface area contributed by atoms with Crippen LogP contribution in [0.15, 0.2) is 89.9 Å². The maximum absolute atomic E-state index is 4.84. The zero-order chi connectivity index (χ0) is 17.9. The summed E-state index contributed by atoms with van der Waals surface area (Å²) in [4.78, 5) is 4.84. The maximum atomic E-state index is 4.84. The van der Waals surface area contributed by atoms with E-state index in [0.717, 1.165) is 34.3 Å². The molecule has 0 aliphatic heterocycles. The molecular weight excluding hydrogens is 384 g/mol. The molecule has 0 amide bonds. The van der Waals surface area contributed by atoms with E-state index in [0.29, 0.717) is 0 Å². The number of rotatable bonds is 5. The van der Waals surface area contributed by atoms with Crippen LogP contribution in [0.5, 0.6) is 0 Å². The van der Waals surface area contributed by atoms with Crippen molar-refractivity contribution in [3.63, 3.8) is 0 Å². The second kappa shape index (κ2) is 7.30. The van der Waals surface area contributed by atoms with Crippen LogP contribution in [-0.4, -0.2) is 9.55 Å². The first-order valence-electron chi connectivity index (χ1n) is 8.62. The lowest BCUT2D eigenvalue weighted by atomic mass is 10.0. The Morgan fingerprint density at radius 2 is 1.50 bits per heavy atom. The van der Waals surface area contributed by atoms with Crippen LogP contribution in [0.2, 0.25) is 0 Å². The molecule has 0 bridgehead atoms. The fourth-order valence-electron chi connectivity index (χ4n) is 3.24. The number of allylic oxidation sites excluding steroid dienone is 1. The van der Waals surface area contributed by atoms with E-state index in [1.807, 2.05) is 12.1 Å². The van der Waals surface area contributed by atoms with Crippen molar-refractivity contribution in [1.82, 2.24) is 9.55 Å². The molecule has 4 aromatic rings. The van der Waals surface area contributed by atoms with Crippen molar-refractivity contribution in [3.8, 4) is 11.1 Å². The van der Waals surface area contributed by atoms with E-state index in [4.69, 9.17) is 4.98 Å². The normalized spacial score (nSPS) is 11.0. The highest BCUT2D eigenvalue weighted by molar-refractivity contribution is 9.11. The molecular formula is C23H19BrN2. The third-order valence-electron chi connectivity index (χ3n) is 4.49. The molecule has 0 atom stereocenters. The molecule has 0 unspecified atom stereocenters. The predicted octanol–water partition coefficient (Wildman–Crippen LogP) is 6.20. The first-order valence-corrected chi connectivity index (χ1v) is 9.42. The Morgan fingerprint density at radius 1 is 0.846 bits per heavy atom. The van der Waals surface area contributed by atoms with Crippen LogP contribution < -0.4 is 0 Å². The van der Waals surface area contributed by atoms with Crippen molar-refractivity contribution in [2.45, 2.75) is 13.0 Å². The molecule has 0 saturated heterocycles. The quantitative estimate of drug-likeness (QED) is 0.388. The number of aromatic nitrogens is 2. The Hall–Kier alpha value is -2.65. The van der Waals surface area contributed by atoms with E-state index < -0.39 is 0 Å². The summed E-state index contributed by atoms with van der Waals surface area (Å²) in [5.74, 6) is 1.05. The Bertz CT molecular complexity index is 1050. The van der Waals surface area contributed by atoms with Crippen LogP contribution in [0.4, 0.5) is 0 Å². The molecule has 0 radical (unpaired) electrons. The summed E-state index contributed by atoms with van der Waals surface area (Å²) >= 11 is 3.49. The molecule has 26 heavy (non-hydrogen) atoms. The summed E-state index contributed by atoms with van der Waals surface area (Å²) in [6, 6.07) is 27.4. The molecule has 0 N–H and O–H groups in total. The fourth-order valence-corrected chi connectivity index (χ4v) is 3.49. The second-order valence-electron chi connectivity index (χ2n) is 6.36. The zero-order valence-electron chi connectivity index (χ0n) is 14.4. The second-order valence-corrected chi connectivity index (χ2v) is 7.48. The van der Waals surface area contributed by atoms with Crippen molar-refractivity contribution in [2.24, 2.45) is 0 Å². The molecule has 3 heteroatoms. The van der Waals surface area contributed by atoms with Crippen molar-refractivity contribution >= 4 is 27.0 Å². The number of benzene rings is 3. The van der Waals surface area contributed by atoms with Gasteiger partial charge in [-0.3, -0.25) is 0 Å². The average molecular weight is 403 g/mol. The summed E-state index contributed by atoms with van der Waals surface area (Å²) < 4.78 is 3.18. The average Bonchev–Trinajstić information content (AvgIpc) is 3.00. The van der Waals surface area contributed by atoms with Gasteiger partial charge in [-0.1, -0.05) is 89.2 Å². The molecule has 0 spiro atoms. The van der Waals surface area contributed by atoms with Gasteiger partial charge in [0.25, 0.3) is 0 Å². The molecule has 4 rings (SSSR count). The van der Waals surface area contributed by atoms with E-state index in [2.05, 4.69) is 93.8 Å². The fraction of sp³-hybridized carbons (Fsp3) is 0.0870. The van der Waals surface area contributed by atoms with E-state index in [9.17, 15) is 0 Å². The Morgan fingerprint density at radius 3 is 2.23 bits per heavy atom. The minimum Gasteiger partial charge on any atom is -0.323 e. The first-order chi connectivity index (χ1) is 12.7. The lowest BCUT2D eigenvalue weighted by Gasteiger charge is -2.09. The van der Waals surface area contributed by atoms with Gasteiger partial charge in [0, 0.05) is 10.9 Å². The van der Waals surface area contributed by atoms with Gasteiger partial charge in [-0.05, 0) is 28.8 Å². The highest BCUT2D eigenvalue weighted by atomic mass is 79.9. The van der Waals surface area contributed by atoms with E-state index in [1.165, 1.54) is 16.7 Å². The minimum absolute atomic E-state index is 0.720. The van der Waals surface area contributed by atoms with Crippen LogP contribution in [-0.2, 0) is 13.0 Å². The van der Waals surface area contributed by atoms with Crippen LogP contribution in [0.25, 0.3) is 22.2 Å². The van der Waals surface area contributed by atoms with Gasteiger partial charge in [0.05, 0.1) is 17.6 Å². The lowest BCUT2D eigenvalue weighted by Crippen LogP contribution is -2.04. The number of imidazole rings is 1. The van der Waals surface area contributed by atoms with Gasteiger partial charge in [-0.2, -0.15) is 0 Å². The number of hydrogen-bond acceptors (Lipinski definition) is 1. The van der Waals surface area contributed by atoms with Gasteiger partial charge in [-0.25, -0.2) is 4.98 Å². The van der Waals surface area contributed by atoms with Crippen LogP contribution >= 0.6 is 15.9 Å². The highest BCUT2D eigenvalue weighted by Crippen LogP contribution is 2.23.